The average molecular weight is 646 g/mol. The van der Waals surface area contributed by atoms with Gasteiger partial charge in [-0.2, -0.15) is 26.3 Å². The summed E-state index contributed by atoms with van der Waals surface area (Å²) in [5, 5.41) is 5.37. The molecule has 0 saturated carbocycles. The van der Waals surface area contributed by atoms with Crippen molar-refractivity contribution in [1.82, 2.24) is 30.5 Å². The lowest BCUT2D eigenvalue weighted by Crippen LogP contribution is -2.44. The SMILES string of the molecule is O=C(NCC(c1cnc(C(F)(F)F)nc1)N1CCOCC1)c1c(Cl)ccc2nc(N3CCC(NC(=O)C(F)(F)F)C3)ccc12. The number of ether oxygens (including phenoxy) is 1. The molecule has 236 valence electrons. The number of fused-ring (bicyclic) bond motifs is 1. The maximum absolute atomic E-state index is 13.5. The molecule has 2 saturated heterocycles. The number of morpholine rings is 1. The lowest BCUT2D eigenvalue weighted by molar-refractivity contribution is -0.174. The number of amides is 2. The Bertz CT molecular complexity index is 1520. The van der Waals surface area contributed by atoms with Crippen LogP contribution in [0.4, 0.5) is 32.2 Å². The molecule has 17 heteroatoms. The Kier molecular flexibility index (Phi) is 9.13. The Morgan fingerprint density at radius 1 is 1.02 bits per heavy atom. The second-order valence-corrected chi connectivity index (χ2v) is 10.7. The summed E-state index contributed by atoms with van der Waals surface area (Å²) >= 11 is 6.43. The number of hydrogen-bond acceptors (Lipinski definition) is 8. The van der Waals surface area contributed by atoms with Gasteiger partial charge in [0.05, 0.1) is 35.4 Å². The van der Waals surface area contributed by atoms with Crippen molar-refractivity contribution < 1.29 is 40.7 Å². The lowest BCUT2D eigenvalue weighted by atomic mass is 10.1. The third kappa shape index (κ3) is 7.13. The molecule has 1 aromatic carbocycles. The number of aromatic nitrogens is 3. The zero-order valence-electron chi connectivity index (χ0n) is 22.9. The summed E-state index contributed by atoms with van der Waals surface area (Å²) in [5.41, 5.74) is 0.913. The fourth-order valence-electron chi connectivity index (χ4n) is 5.21. The van der Waals surface area contributed by atoms with Crippen molar-refractivity contribution in [2.75, 3.05) is 50.8 Å². The Hall–Kier alpha value is -3.76. The minimum atomic E-state index is -4.97. The molecule has 0 bridgehead atoms. The topological polar surface area (TPSA) is 113 Å². The summed E-state index contributed by atoms with van der Waals surface area (Å²) in [6.07, 6.45) is -7.19. The molecule has 2 unspecified atom stereocenters. The number of anilines is 1. The van der Waals surface area contributed by atoms with Crippen LogP contribution in [0, 0.1) is 0 Å². The van der Waals surface area contributed by atoms with Crippen LogP contribution in [0.25, 0.3) is 10.9 Å². The van der Waals surface area contributed by atoms with E-state index in [2.05, 4.69) is 20.3 Å². The van der Waals surface area contributed by atoms with Crippen LogP contribution < -0.4 is 15.5 Å². The predicted octanol–water partition coefficient (Wildman–Crippen LogP) is 3.76. The molecule has 0 aliphatic carbocycles. The van der Waals surface area contributed by atoms with Crippen molar-refractivity contribution in [1.29, 1.82) is 0 Å². The molecular formula is C27H26ClF6N7O3. The van der Waals surface area contributed by atoms with Gasteiger partial charge in [0.2, 0.25) is 5.82 Å². The van der Waals surface area contributed by atoms with Crippen LogP contribution in [0.5, 0.6) is 0 Å². The van der Waals surface area contributed by atoms with Crippen LogP contribution in [0.1, 0.15) is 34.2 Å². The number of nitrogens with one attached hydrogen (secondary N) is 2. The second kappa shape index (κ2) is 12.7. The van der Waals surface area contributed by atoms with Gasteiger partial charge in [-0.05, 0) is 30.7 Å². The van der Waals surface area contributed by atoms with Crippen molar-refractivity contribution in [3.63, 3.8) is 0 Å². The Balaban J connectivity index is 1.32. The molecule has 0 spiro atoms. The van der Waals surface area contributed by atoms with Crippen LogP contribution in [0.2, 0.25) is 5.02 Å². The molecular weight excluding hydrogens is 620 g/mol. The zero-order chi connectivity index (χ0) is 31.6. The fraction of sp³-hybridized carbons (Fsp3) is 0.444. The first-order valence-electron chi connectivity index (χ1n) is 13.5. The number of halogens is 7. The summed E-state index contributed by atoms with van der Waals surface area (Å²) in [6, 6.07) is 5.08. The molecule has 2 fully saturated rings. The third-order valence-electron chi connectivity index (χ3n) is 7.39. The highest BCUT2D eigenvalue weighted by atomic mass is 35.5. The molecule has 0 radical (unpaired) electrons. The first-order chi connectivity index (χ1) is 20.8. The second-order valence-electron chi connectivity index (χ2n) is 10.3. The first kappa shape index (κ1) is 31.7. The number of rotatable bonds is 7. The average Bonchev–Trinajstić information content (AvgIpc) is 3.45. The molecule has 2 aromatic heterocycles. The summed E-state index contributed by atoms with van der Waals surface area (Å²) < 4.78 is 82.3. The van der Waals surface area contributed by atoms with Crippen LogP contribution in [-0.4, -0.2) is 89.8 Å². The highest BCUT2D eigenvalue weighted by molar-refractivity contribution is 6.35. The van der Waals surface area contributed by atoms with E-state index in [1.807, 2.05) is 10.2 Å². The van der Waals surface area contributed by atoms with Gasteiger partial charge in [0.1, 0.15) is 5.82 Å². The molecule has 3 aromatic rings. The molecule has 44 heavy (non-hydrogen) atoms. The van der Waals surface area contributed by atoms with Gasteiger partial charge >= 0.3 is 18.3 Å². The maximum atomic E-state index is 13.5. The van der Waals surface area contributed by atoms with Crippen molar-refractivity contribution in [2.24, 2.45) is 0 Å². The highest BCUT2D eigenvalue weighted by Crippen LogP contribution is 2.30. The lowest BCUT2D eigenvalue weighted by Gasteiger charge is -2.34. The van der Waals surface area contributed by atoms with E-state index in [0.717, 1.165) is 12.4 Å². The molecule has 4 heterocycles. The van der Waals surface area contributed by atoms with Gasteiger partial charge in [0.15, 0.2) is 0 Å². The monoisotopic (exact) mass is 645 g/mol. The summed E-state index contributed by atoms with van der Waals surface area (Å²) in [6.45, 7) is 2.24. The van der Waals surface area contributed by atoms with Crippen LogP contribution in [-0.2, 0) is 15.7 Å². The summed E-state index contributed by atoms with van der Waals surface area (Å²) in [5.74, 6) is -3.36. The molecule has 2 atom stereocenters. The van der Waals surface area contributed by atoms with Gasteiger partial charge < -0.3 is 20.3 Å². The smallest absolute Gasteiger partial charge is 0.379 e. The Morgan fingerprint density at radius 2 is 1.73 bits per heavy atom. The molecule has 5 rings (SSSR count). The number of pyridine rings is 1. The van der Waals surface area contributed by atoms with Crippen molar-refractivity contribution in [3.05, 3.63) is 58.6 Å². The predicted molar refractivity (Wildman–Crippen MR) is 146 cm³/mol. The molecule has 10 nitrogen and oxygen atoms in total. The van der Waals surface area contributed by atoms with Gasteiger partial charge in [0.25, 0.3) is 5.91 Å². The molecule has 2 amide bonds. The van der Waals surface area contributed by atoms with E-state index in [9.17, 15) is 35.9 Å². The van der Waals surface area contributed by atoms with Gasteiger partial charge in [-0.3, -0.25) is 14.5 Å². The van der Waals surface area contributed by atoms with E-state index in [0.29, 0.717) is 61.6 Å². The third-order valence-corrected chi connectivity index (χ3v) is 7.71. The standard InChI is InChI=1S/C27H26ClF6N7O3/c28-18-2-3-19-17(1-4-21(39-19)41-6-5-16(14-41)38-25(43)27(32,33)34)22(18)23(42)35-13-20(40-7-9-44-10-8-40)15-11-36-24(37-12-15)26(29,30)31/h1-4,11-12,16,20H,5-10,13-14H2,(H,35,42)(H,38,43). The molecule has 2 N–H and O–H groups in total. The molecule has 2 aliphatic heterocycles. The maximum Gasteiger partial charge on any atom is 0.471 e. The minimum absolute atomic E-state index is 0.00456. The fourth-order valence-corrected chi connectivity index (χ4v) is 5.46. The van der Waals surface area contributed by atoms with E-state index in [1.54, 1.807) is 23.1 Å². The van der Waals surface area contributed by atoms with Crippen LogP contribution in [0.3, 0.4) is 0 Å². The van der Waals surface area contributed by atoms with Crippen LogP contribution >= 0.6 is 11.6 Å². The Labute approximate surface area is 251 Å². The number of benzene rings is 1. The number of nitrogens with zero attached hydrogens (tertiary/aromatic N) is 5. The van der Waals surface area contributed by atoms with E-state index in [-0.39, 0.29) is 23.7 Å². The quantitative estimate of drug-likeness (QED) is 0.374. The van der Waals surface area contributed by atoms with E-state index >= 15 is 0 Å². The van der Waals surface area contributed by atoms with Crippen molar-refractivity contribution in [2.45, 2.75) is 30.9 Å². The largest absolute Gasteiger partial charge is 0.471 e. The van der Waals surface area contributed by atoms with Gasteiger partial charge in [-0.25, -0.2) is 15.0 Å². The minimum Gasteiger partial charge on any atom is -0.379 e. The number of alkyl halides is 6. The number of carbonyl (C=O) groups excluding carboxylic acids is 2. The van der Waals surface area contributed by atoms with Gasteiger partial charge in [-0.15, -0.1) is 0 Å². The number of carbonyl (C=O) groups is 2. The van der Waals surface area contributed by atoms with Gasteiger partial charge in [0, 0.05) is 62.1 Å². The van der Waals surface area contributed by atoms with Gasteiger partial charge in [-0.1, -0.05) is 11.6 Å². The summed E-state index contributed by atoms with van der Waals surface area (Å²) in [4.78, 5) is 40.0. The van der Waals surface area contributed by atoms with E-state index in [1.165, 1.54) is 6.07 Å². The number of hydrogen-bond donors (Lipinski definition) is 2. The molecule has 2 aliphatic rings. The normalized spacial score (nSPS) is 18.8. The van der Waals surface area contributed by atoms with Crippen molar-refractivity contribution >= 4 is 40.1 Å². The zero-order valence-corrected chi connectivity index (χ0v) is 23.6. The Morgan fingerprint density at radius 3 is 2.39 bits per heavy atom. The summed E-state index contributed by atoms with van der Waals surface area (Å²) in [7, 11) is 0. The van der Waals surface area contributed by atoms with Crippen LogP contribution in [0.15, 0.2) is 36.7 Å². The highest BCUT2D eigenvalue weighted by Gasteiger charge is 2.41. The first-order valence-corrected chi connectivity index (χ1v) is 13.9. The van der Waals surface area contributed by atoms with Crippen molar-refractivity contribution in [3.8, 4) is 0 Å². The van der Waals surface area contributed by atoms with E-state index < -0.39 is 42.1 Å². The van der Waals surface area contributed by atoms with E-state index in [4.69, 9.17) is 16.3 Å².